The molecule has 6 aliphatic rings. The number of piperidine rings is 2. The van der Waals surface area contributed by atoms with Gasteiger partial charge in [-0.1, -0.05) is 0 Å². The van der Waals surface area contributed by atoms with Crippen molar-refractivity contribution in [3.8, 4) is 11.1 Å². The molecule has 4 saturated heterocycles. The number of hydrogen-bond donors (Lipinski definition) is 3. The normalized spacial score (nSPS) is 22.6. The van der Waals surface area contributed by atoms with Crippen molar-refractivity contribution in [2.24, 2.45) is 5.92 Å². The number of H-pyrrole nitrogens is 1. The lowest BCUT2D eigenvalue weighted by Crippen LogP contribution is -2.52. The van der Waals surface area contributed by atoms with E-state index in [4.69, 9.17) is 9.97 Å². The first-order chi connectivity index (χ1) is 33.2. The standard InChI is InChI=1S/C48H50F3N11O6S/c49-32-9-14-61(27-32)69(67,68)57-38-4-3-37(50)41(42(38)51)43(64)36-24-53-44-35(36)20-29(21-52-44)31-22-54-47(55-23-31)48(10-11-48)60-17-15-58(16-18-60)25-28-7-12-59(13-8-28)33-1-2-34-30(19-33)26-62(46(34)66)39-5-6-40(63)56-45(39)65/h1-4,19-24,28,32,39,57H,5-18,25-27H2,(H,52,53)(H,56,63,65)/t32?,39-/m0/s1. The van der Waals surface area contributed by atoms with E-state index in [2.05, 4.69) is 36.1 Å². The smallest absolute Gasteiger partial charge is 0.301 e. The van der Waals surface area contributed by atoms with Crippen LogP contribution in [0.1, 0.15) is 82.6 Å². The molecule has 0 bridgehead atoms. The van der Waals surface area contributed by atoms with Gasteiger partial charge in [-0.15, -0.1) is 0 Å². The Labute approximate surface area is 395 Å². The maximum atomic E-state index is 15.8. The summed E-state index contributed by atoms with van der Waals surface area (Å²) in [5, 5.41) is 2.66. The van der Waals surface area contributed by atoms with Crippen molar-refractivity contribution in [3.63, 3.8) is 0 Å². The van der Waals surface area contributed by atoms with Gasteiger partial charge in [-0.2, -0.15) is 12.7 Å². The molecule has 0 spiro atoms. The fourth-order valence-electron chi connectivity index (χ4n) is 10.8. The van der Waals surface area contributed by atoms with Gasteiger partial charge in [0.2, 0.25) is 17.6 Å². The molecular formula is C48H50F3N11O6S. The van der Waals surface area contributed by atoms with Crippen molar-refractivity contribution in [2.75, 3.05) is 68.5 Å². The number of amides is 3. The second-order valence-corrected chi connectivity index (χ2v) is 20.7. The molecule has 360 valence electrons. The molecule has 0 radical (unpaired) electrons. The quantitative estimate of drug-likeness (QED) is 0.117. The Bertz CT molecular complexity index is 3010. The van der Waals surface area contributed by atoms with Crippen molar-refractivity contribution in [2.45, 2.75) is 69.2 Å². The number of benzene rings is 2. The van der Waals surface area contributed by atoms with E-state index in [0.29, 0.717) is 46.6 Å². The summed E-state index contributed by atoms with van der Waals surface area (Å²) in [7, 11) is -4.37. The lowest BCUT2D eigenvalue weighted by atomic mass is 9.95. The lowest BCUT2D eigenvalue weighted by molar-refractivity contribution is -0.136. The van der Waals surface area contributed by atoms with E-state index in [9.17, 15) is 32.0 Å². The van der Waals surface area contributed by atoms with Crippen LogP contribution in [0, 0.1) is 17.6 Å². The highest BCUT2D eigenvalue weighted by Crippen LogP contribution is 2.50. The molecule has 5 aromatic rings. The fourth-order valence-corrected chi connectivity index (χ4v) is 12.1. The minimum absolute atomic E-state index is 0.00224. The monoisotopic (exact) mass is 965 g/mol. The fraction of sp³-hybridized carbons (Fsp3) is 0.438. The van der Waals surface area contributed by atoms with E-state index in [1.165, 1.54) is 6.20 Å². The molecule has 1 aliphatic carbocycles. The first-order valence-electron chi connectivity index (χ1n) is 23.5. The third-order valence-corrected chi connectivity index (χ3v) is 16.4. The van der Waals surface area contributed by atoms with E-state index >= 15 is 8.78 Å². The van der Waals surface area contributed by atoms with Crippen LogP contribution in [0.4, 0.5) is 24.5 Å². The first kappa shape index (κ1) is 45.2. The number of nitrogens with zero attached hydrogens (tertiary/aromatic N) is 8. The Morgan fingerprint density at radius 2 is 1.62 bits per heavy atom. The van der Waals surface area contributed by atoms with Gasteiger partial charge in [0.1, 0.15) is 29.5 Å². The number of pyridine rings is 1. The molecule has 17 nitrogen and oxygen atoms in total. The SMILES string of the molecule is O=C1CC[C@H](N2Cc3cc(N4CCC(CN5CCN(C6(c7ncc(-c8cnc9[nH]cc(C(=O)c%10c(F)ccc(NS(=O)(=O)N%11CCC(F)C%11)c%10F)c9c8)cn7)CC6)CC5)CC4)ccc3C2=O)C(=O)N1. The van der Waals surface area contributed by atoms with E-state index in [1.54, 1.807) is 29.6 Å². The number of aromatic amines is 1. The van der Waals surface area contributed by atoms with E-state index in [0.717, 1.165) is 105 Å². The number of alkyl halides is 1. The predicted octanol–water partition coefficient (Wildman–Crippen LogP) is 4.51. The van der Waals surface area contributed by atoms with Crippen molar-refractivity contribution in [1.29, 1.82) is 0 Å². The highest BCUT2D eigenvalue weighted by atomic mass is 32.2. The average Bonchev–Trinajstić information content (AvgIpc) is 3.66. The van der Waals surface area contributed by atoms with E-state index in [1.807, 2.05) is 16.9 Å². The Hall–Kier alpha value is -6.29. The summed E-state index contributed by atoms with van der Waals surface area (Å²) in [6, 6.07) is 8.69. The van der Waals surface area contributed by atoms with Crippen molar-refractivity contribution < 1.29 is 40.8 Å². The summed E-state index contributed by atoms with van der Waals surface area (Å²) in [6.45, 7) is 6.43. The number of hydrogen-bond acceptors (Lipinski definition) is 12. The Morgan fingerprint density at radius 1 is 0.870 bits per heavy atom. The predicted molar refractivity (Wildman–Crippen MR) is 247 cm³/mol. The third-order valence-electron chi connectivity index (χ3n) is 14.9. The van der Waals surface area contributed by atoms with Gasteiger partial charge >= 0.3 is 10.2 Å². The minimum Gasteiger partial charge on any atom is -0.372 e. The molecule has 69 heavy (non-hydrogen) atoms. The number of imide groups is 1. The summed E-state index contributed by atoms with van der Waals surface area (Å²) in [6.07, 6.45) is 9.57. The number of ketones is 1. The molecular weight excluding hydrogens is 916 g/mol. The van der Waals surface area contributed by atoms with Gasteiger partial charge in [-0.25, -0.2) is 28.1 Å². The molecule has 3 aromatic heterocycles. The molecule has 3 N–H and O–H groups in total. The number of anilines is 2. The van der Waals surface area contributed by atoms with Crippen molar-refractivity contribution in [1.82, 2.24) is 44.3 Å². The maximum absolute atomic E-state index is 15.8. The van der Waals surface area contributed by atoms with Gasteiger partial charge in [-0.3, -0.25) is 34.1 Å². The van der Waals surface area contributed by atoms with Gasteiger partial charge < -0.3 is 19.7 Å². The van der Waals surface area contributed by atoms with E-state index < -0.39 is 63.5 Å². The summed E-state index contributed by atoms with van der Waals surface area (Å²) in [4.78, 5) is 77.2. The second kappa shape index (κ2) is 17.6. The van der Waals surface area contributed by atoms with Gasteiger partial charge in [-0.05, 0) is 86.4 Å². The number of halogens is 3. The molecule has 1 saturated carbocycles. The number of rotatable bonds is 12. The third kappa shape index (κ3) is 8.41. The molecule has 8 heterocycles. The van der Waals surface area contributed by atoms with Crippen molar-refractivity contribution >= 4 is 56.1 Å². The van der Waals surface area contributed by atoms with Crippen LogP contribution in [0.15, 0.2) is 61.2 Å². The number of fused-ring (bicyclic) bond motifs is 2. The maximum Gasteiger partial charge on any atom is 0.301 e. The molecule has 2 aromatic carbocycles. The Kier molecular flexibility index (Phi) is 11.5. The largest absolute Gasteiger partial charge is 0.372 e. The molecule has 5 aliphatic heterocycles. The molecule has 21 heteroatoms. The van der Waals surface area contributed by atoms with Crippen molar-refractivity contribution in [3.05, 3.63) is 101 Å². The summed E-state index contributed by atoms with van der Waals surface area (Å²) < 4.78 is 73.3. The van der Waals surface area contributed by atoms with Crippen LogP contribution in [0.3, 0.4) is 0 Å². The summed E-state index contributed by atoms with van der Waals surface area (Å²) in [5.74, 6) is -3.15. The highest BCUT2D eigenvalue weighted by Gasteiger charge is 2.52. The van der Waals surface area contributed by atoms with Gasteiger partial charge in [0.25, 0.3) is 5.91 Å². The number of aromatic nitrogens is 4. The van der Waals surface area contributed by atoms with Crippen LogP contribution in [-0.2, 0) is 31.9 Å². The van der Waals surface area contributed by atoms with Gasteiger partial charge in [0, 0.05) is 130 Å². The lowest BCUT2D eigenvalue weighted by Gasteiger charge is -2.41. The zero-order valence-corrected chi connectivity index (χ0v) is 38.4. The van der Waals surface area contributed by atoms with Crippen LogP contribution in [-0.4, -0.2) is 142 Å². The van der Waals surface area contributed by atoms with Crippen LogP contribution >= 0.6 is 0 Å². The molecule has 1 unspecified atom stereocenters. The first-order valence-corrected chi connectivity index (χ1v) is 24.9. The highest BCUT2D eigenvalue weighted by molar-refractivity contribution is 7.90. The van der Waals surface area contributed by atoms with Crippen LogP contribution in [0.5, 0.6) is 0 Å². The Morgan fingerprint density at radius 3 is 2.33 bits per heavy atom. The zero-order valence-electron chi connectivity index (χ0n) is 37.6. The number of carbonyl (C=O) groups excluding carboxylic acids is 4. The number of nitrogens with one attached hydrogen (secondary N) is 3. The summed E-state index contributed by atoms with van der Waals surface area (Å²) in [5.41, 5.74) is 2.23. The molecule has 2 atom stereocenters. The second-order valence-electron chi connectivity index (χ2n) is 19.1. The van der Waals surface area contributed by atoms with Crippen LogP contribution in [0.25, 0.3) is 22.2 Å². The minimum atomic E-state index is -4.37. The molecule has 3 amide bonds. The number of carbonyl (C=O) groups is 4. The van der Waals surface area contributed by atoms with Gasteiger partial charge in [0.15, 0.2) is 5.82 Å². The summed E-state index contributed by atoms with van der Waals surface area (Å²) >= 11 is 0. The Balaban J connectivity index is 0.693. The number of piperazine rings is 1. The zero-order chi connectivity index (χ0) is 47.8. The van der Waals surface area contributed by atoms with E-state index in [-0.39, 0.29) is 42.3 Å². The van der Waals surface area contributed by atoms with Gasteiger partial charge in [0.05, 0.1) is 16.8 Å². The molecule has 11 rings (SSSR count). The average molecular weight is 966 g/mol. The topological polar surface area (TPSA) is 197 Å². The van der Waals surface area contributed by atoms with Crippen LogP contribution in [0.2, 0.25) is 0 Å². The van der Waals surface area contributed by atoms with Crippen LogP contribution < -0.4 is 14.9 Å². The molecule has 5 fully saturated rings.